The number of carbonyl (C=O) groups excluding carboxylic acids is 1. The zero-order valence-electron chi connectivity index (χ0n) is 11.5. The Kier molecular flexibility index (Phi) is 6.28. The van der Waals surface area contributed by atoms with Crippen LogP contribution in [0.5, 0.6) is 0 Å². The number of hydrogen-bond acceptors (Lipinski definition) is 5. The summed E-state index contributed by atoms with van der Waals surface area (Å²) < 4.78 is 25.1. The van der Waals surface area contributed by atoms with E-state index in [2.05, 4.69) is 0 Å². The highest BCUT2D eigenvalue weighted by atomic mass is 32.2. The van der Waals surface area contributed by atoms with Gasteiger partial charge in [0.15, 0.2) is 0 Å². The van der Waals surface area contributed by atoms with Crippen molar-refractivity contribution in [2.45, 2.75) is 12.8 Å². The molecule has 8 heteroatoms. The number of sulfonamides is 1. The highest BCUT2D eigenvalue weighted by molar-refractivity contribution is 7.93. The summed E-state index contributed by atoms with van der Waals surface area (Å²) in [5, 5.41) is 18.1. The smallest absolute Gasteiger partial charge is 0.316 e. The summed E-state index contributed by atoms with van der Waals surface area (Å²) in [5.41, 5.74) is 0.611. The molecule has 1 unspecified atom stereocenters. The number of carboxylic acids is 1. The molecule has 2 N–H and O–H groups in total. The number of carboxylic acid groups (broad SMARTS) is 1. The van der Waals surface area contributed by atoms with Crippen molar-refractivity contribution in [3.63, 3.8) is 0 Å². The van der Waals surface area contributed by atoms with Crippen LogP contribution in [0, 0.1) is 17.2 Å². The first-order valence-electron chi connectivity index (χ1n) is 6.25. The minimum Gasteiger partial charge on any atom is -0.481 e. The van der Waals surface area contributed by atoms with E-state index in [0.29, 0.717) is 5.56 Å². The minimum atomic E-state index is -4.11. The Hall–Kier alpha value is -2.66. The first-order valence-corrected chi connectivity index (χ1v) is 7.80. The molecule has 1 amide bonds. The summed E-state index contributed by atoms with van der Waals surface area (Å²) in [6.07, 6.45) is 0.862. The van der Waals surface area contributed by atoms with Gasteiger partial charge in [0.1, 0.15) is 5.92 Å². The van der Waals surface area contributed by atoms with Crippen LogP contribution in [0.15, 0.2) is 35.7 Å². The topological polar surface area (TPSA) is 124 Å². The number of benzene rings is 1. The Morgan fingerprint density at radius 2 is 1.95 bits per heavy atom. The van der Waals surface area contributed by atoms with Gasteiger partial charge in [0.25, 0.3) is 10.0 Å². The van der Waals surface area contributed by atoms with Crippen LogP contribution < -0.4 is 4.72 Å². The molecule has 0 spiro atoms. The number of amides is 1. The Morgan fingerprint density at radius 3 is 2.50 bits per heavy atom. The van der Waals surface area contributed by atoms with Crippen LogP contribution in [-0.4, -0.2) is 25.4 Å². The third-order valence-electron chi connectivity index (χ3n) is 2.64. The summed E-state index contributed by atoms with van der Waals surface area (Å²) in [4.78, 5) is 22.6. The molecule has 0 fully saturated rings. The number of carbonyl (C=O) groups is 2. The maximum atomic E-state index is 11.7. The van der Waals surface area contributed by atoms with Crippen LogP contribution in [0.2, 0.25) is 0 Å². The van der Waals surface area contributed by atoms with Crippen LogP contribution in [0.3, 0.4) is 0 Å². The van der Waals surface area contributed by atoms with Crippen molar-refractivity contribution in [3.8, 4) is 6.07 Å². The molecule has 7 nitrogen and oxygen atoms in total. The third kappa shape index (κ3) is 5.76. The molecule has 0 saturated carbocycles. The van der Waals surface area contributed by atoms with E-state index < -0.39 is 27.8 Å². The maximum Gasteiger partial charge on any atom is 0.316 e. The largest absolute Gasteiger partial charge is 0.481 e. The van der Waals surface area contributed by atoms with Gasteiger partial charge in [-0.3, -0.25) is 9.59 Å². The van der Waals surface area contributed by atoms with E-state index in [9.17, 15) is 18.0 Å². The van der Waals surface area contributed by atoms with Gasteiger partial charge in [-0.05, 0) is 18.1 Å². The molecule has 22 heavy (non-hydrogen) atoms. The zero-order chi connectivity index (χ0) is 16.6. The second-order valence-corrected chi connectivity index (χ2v) is 5.88. The fourth-order valence-electron chi connectivity index (χ4n) is 1.55. The first kappa shape index (κ1) is 17.4. The number of rotatable bonds is 7. The van der Waals surface area contributed by atoms with Gasteiger partial charge in [-0.25, -0.2) is 13.1 Å². The second-order valence-electron chi connectivity index (χ2n) is 4.31. The Morgan fingerprint density at radius 1 is 1.32 bits per heavy atom. The summed E-state index contributed by atoms with van der Waals surface area (Å²) in [6, 6.07) is 10.2. The van der Waals surface area contributed by atoms with E-state index in [1.165, 1.54) is 6.08 Å². The summed E-state index contributed by atoms with van der Waals surface area (Å²) in [7, 11) is -4.11. The number of hydrogen-bond donors (Lipinski definition) is 2. The average molecular weight is 322 g/mol. The van der Waals surface area contributed by atoms with Crippen molar-refractivity contribution in [2.24, 2.45) is 5.92 Å². The monoisotopic (exact) mass is 322 g/mol. The van der Waals surface area contributed by atoms with Gasteiger partial charge < -0.3 is 5.11 Å². The van der Waals surface area contributed by atoms with Crippen molar-refractivity contribution in [1.29, 1.82) is 5.26 Å². The summed E-state index contributed by atoms with van der Waals surface area (Å²) in [5.74, 6) is -4.23. The minimum absolute atomic E-state index is 0.162. The van der Waals surface area contributed by atoms with Crippen LogP contribution in [0.4, 0.5) is 0 Å². The number of nitriles is 1. The lowest BCUT2D eigenvalue weighted by Gasteiger charge is -2.10. The summed E-state index contributed by atoms with van der Waals surface area (Å²) in [6.45, 7) is 0. The molecule has 1 rings (SSSR count). The van der Waals surface area contributed by atoms with E-state index in [1.54, 1.807) is 41.1 Å². The van der Waals surface area contributed by atoms with Crippen molar-refractivity contribution in [2.75, 3.05) is 0 Å². The van der Waals surface area contributed by atoms with Crippen LogP contribution in [0.25, 0.3) is 6.08 Å². The first-order chi connectivity index (χ1) is 10.4. The molecule has 0 radical (unpaired) electrons. The standard InChI is InChI=1S/C14H14N2O5S/c15-9-4-7-12(14(18)19)13(17)16-22(20,21)10-8-11-5-2-1-3-6-11/h1-3,5-6,8,10,12H,4,7H2,(H,16,17)(H,18,19). The van der Waals surface area contributed by atoms with Crippen LogP contribution in [-0.2, 0) is 19.6 Å². The molecule has 0 aliphatic carbocycles. The maximum absolute atomic E-state index is 11.7. The normalized spacial score (nSPS) is 12.5. The predicted molar refractivity (Wildman–Crippen MR) is 78.5 cm³/mol. The fourth-order valence-corrected chi connectivity index (χ4v) is 2.38. The van der Waals surface area contributed by atoms with Crippen molar-refractivity contribution >= 4 is 28.0 Å². The molecule has 1 aromatic carbocycles. The average Bonchev–Trinajstić information content (AvgIpc) is 2.46. The van der Waals surface area contributed by atoms with E-state index in [-0.39, 0.29) is 12.8 Å². The lowest BCUT2D eigenvalue weighted by Crippen LogP contribution is -2.38. The van der Waals surface area contributed by atoms with Crippen molar-refractivity contribution in [3.05, 3.63) is 41.3 Å². The lowest BCUT2D eigenvalue weighted by atomic mass is 10.0. The molecular weight excluding hydrogens is 308 g/mol. The number of nitrogens with zero attached hydrogens (tertiary/aromatic N) is 1. The Bertz CT molecular complexity index is 704. The van der Waals surface area contributed by atoms with E-state index in [4.69, 9.17) is 10.4 Å². The summed E-state index contributed by atoms with van der Waals surface area (Å²) >= 11 is 0. The Balaban J connectivity index is 2.78. The number of aliphatic carboxylic acids is 1. The molecular formula is C14H14N2O5S. The predicted octanol–water partition coefficient (Wildman–Crippen LogP) is 1.11. The fraction of sp³-hybridized carbons (Fsp3) is 0.214. The van der Waals surface area contributed by atoms with Crippen LogP contribution in [0.1, 0.15) is 18.4 Å². The van der Waals surface area contributed by atoms with E-state index in [0.717, 1.165) is 5.41 Å². The molecule has 0 aliphatic heterocycles. The van der Waals surface area contributed by atoms with Gasteiger partial charge in [0.05, 0.1) is 11.5 Å². The van der Waals surface area contributed by atoms with Gasteiger partial charge >= 0.3 is 5.97 Å². The third-order valence-corrected chi connectivity index (χ3v) is 3.62. The number of nitrogens with one attached hydrogen (secondary N) is 1. The van der Waals surface area contributed by atoms with Crippen LogP contribution >= 0.6 is 0 Å². The molecule has 0 bridgehead atoms. The van der Waals surface area contributed by atoms with Gasteiger partial charge in [-0.2, -0.15) is 5.26 Å². The molecule has 0 saturated heterocycles. The quantitative estimate of drug-likeness (QED) is 0.724. The van der Waals surface area contributed by atoms with E-state index in [1.807, 2.05) is 0 Å². The highest BCUT2D eigenvalue weighted by Gasteiger charge is 2.28. The SMILES string of the molecule is N#CCCC(C(=O)O)C(=O)NS(=O)(=O)C=Cc1ccccc1. The molecule has 116 valence electrons. The highest BCUT2D eigenvalue weighted by Crippen LogP contribution is 2.08. The molecule has 0 aromatic heterocycles. The van der Waals surface area contributed by atoms with Gasteiger partial charge in [-0.15, -0.1) is 0 Å². The Labute approximate surface area is 127 Å². The van der Waals surface area contributed by atoms with E-state index >= 15 is 0 Å². The molecule has 1 aromatic rings. The van der Waals surface area contributed by atoms with Crippen molar-refractivity contribution < 1.29 is 23.1 Å². The van der Waals surface area contributed by atoms with Crippen molar-refractivity contribution in [1.82, 2.24) is 4.72 Å². The second kappa shape index (κ2) is 7.95. The van der Waals surface area contributed by atoms with Gasteiger partial charge in [0, 0.05) is 6.42 Å². The van der Waals surface area contributed by atoms with Gasteiger partial charge in [0.2, 0.25) is 5.91 Å². The van der Waals surface area contributed by atoms with Gasteiger partial charge in [-0.1, -0.05) is 30.3 Å². The molecule has 0 aliphatic rings. The lowest BCUT2D eigenvalue weighted by molar-refractivity contribution is -0.146. The molecule has 1 atom stereocenters. The molecule has 0 heterocycles. The zero-order valence-corrected chi connectivity index (χ0v) is 12.3.